The highest BCUT2D eigenvalue weighted by atomic mass is 16.5. The molecule has 142 valence electrons. The fourth-order valence-corrected chi connectivity index (χ4v) is 3.09. The van der Waals surface area contributed by atoms with Gasteiger partial charge in [-0.2, -0.15) is 0 Å². The summed E-state index contributed by atoms with van der Waals surface area (Å²) in [5, 5.41) is 26.4. The van der Waals surface area contributed by atoms with Crippen LogP contribution in [0.4, 0.5) is 11.6 Å². The molecular formula is C20H24N5O2-. The second kappa shape index (κ2) is 7.85. The molecule has 1 unspecified atom stereocenters. The van der Waals surface area contributed by atoms with E-state index < -0.39 is 6.10 Å². The summed E-state index contributed by atoms with van der Waals surface area (Å²) in [5.74, 6) is 1.01. The lowest BCUT2D eigenvalue weighted by Gasteiger charge is -2.23. The summed E-state index contributed by atoms with van der Waals surface area (Å²) in [7, 11) is 3.21. The van der Waals surface area contributed by atoms with E-state index in [1.54, 1.807) is 18.5 Å². The largest absolute Gasteiger partial charge is 0.757 e. The van der Waals surface area contributed by atoms with Crippen LogP contribution in [0.5, 0.6) is 0 Å². The zero-order chi connectivity index (χ0) is 19.6. The van der Waals surface area contributed by atoms with Crippen LogP contribution in [0.15, 0.2) is 30.6 Å². The Balaban J connectivity index is 2.09. The minimum absolute atomic E-state index is 0.317. The van der Waals surface area contributed by atoms with Crippen molar-refractivity contribution in [3.63, 3.8) is 0 Å². The SMILES string of the molecule is CCCC(O)c1cc(C)c(-c2cc3cnc(N(C)[O-])cc3nc2NC)cn1. The first-order chi connectivity index (χ1) is 12.9. The van der Waals surface area contributed by atoms with E-state index in [4.69, 9.17) is 0 Å². The molecule has 0 saturated heterocycles. The molecule has 3 heterocycles. The van der Waals surface area contributed by atoms with E-state index in [-0.39, 0.29) is 0 Å². The first-order valence-electron chi connectivity index (χ1n) is 8.99. The molecule has 0 aliphatic heterocycles. The molecule has 0 aliphatic rings. The third kappa shape index (κ3) is 3.84. The molecule has 1 atom stereocenters. The minimum Gasteiger partial charge on any atom is -0.757 e. The highest BCUT2D eigenvalue weighted by Crippen LogP contribution is 2.33. The van der Waals surface area contributed by atoms with Crippen LogP contribution >= 0.6 is 0 Å². The van der Waals surface area contributed by atoms with Crippen molar-refractivity contribution < 1.29 is 5.11 Å². The van der Waals surface area contributed by atoms with Gasteiger partial charge in [0.1, 0.15) is 11.6 Å². The first-order valence-corrected chi connectivity index (χ1v) is 8.99. The smallest absolute Gasteiger partial charge is 0.134 e. The van der Waals surface area contributed by atoms with Gasteiger partial charge in [-0.1, -0.05) is 13.3 Å². The Morgan fingerprint density at radius 2 is 1.96 bits per heavy atom. The number of pyridine rings is 3. The maximum Gasteiger partial charge on any atom is 0.134 e. The van der Waals surface area contributed by atoms with Crippen LogP contribution in [-0.4, -0.2) is 34.2 Å². The van der Waals surface area contributed by atoms with E-state index in [0.717, 1.165) is 28.5 Å². The van der Waals surface area contributed by atoms with Crippen LogP contribution in [0.2, 0.25) is 0 Å². The number of nitrogens with one attached hydrogen (secondary N) is 1. The van der Waals surface area contributed by atoms with Crippen LogP contribution in [0.1, 0.15) is 37.1 Å². The van der Waals surface area contributed by atoms with Crippen molar-refractivity contribution in [2.75, 3.05) is 24.5 Å². The number of hydrogen-bond donors (Lipinski definition) is 2. The van der Waals surface area contributed by atoms with Crippen LogP contribution in [-0.2, 0) is 0 Å². The Hall–Kier alpha value is -2.77. The Morgan fingerprint density at radius 3 is 2.59 bits per heavy atom. The van der Waals surface area contributed by atoms with Crippen molar-refractivity contribution in [1.82, 2.24) is 15.0 Å². The molecule has 0 aromatic carbocycles. The number of aliphatic hydroxyl groups is 1. The average molecular weight is 366 g/mol. The number of rotatable bonds is 6. The van der Waals surface area contributed by atoms with Gasteiger partial charge >= 0.3 is 0 Å². The molecule has 3 aromatic rings. The third-order valence-electron chi connectivity index (χ3n) is 4.57. The number of hydroxylamine groups is 1. The molecule has 0 aliphatic carbocycles. The van der Waals surface area contributed by atoms with Gasteiger partial charge in [0, 0.05) is 42.0 Å². The standard InChI is InChI=1S/C20H24N5O2/c1-5-6-18(26)17-7-12(2)15(11-22-17)14-8-13-10-23-19(25(4)27)9-16(13)24-20(14)21-3/h7-11,18,26H,5-6H2,1-4H3,(H,21,24)/q-1. The van der Waals surface area contributed by atoms with E-state index in [9.17, 15) is 10.3 Å². The summed E-state index contributed by atoms with van der Waals surface area (Å²) < 4.78 is 0. The van der Waals surface area contributed by atoms with Crippen molar-refractivity contribution in [2.24, 2.45) is 0 Å². The van der Waals surface area contributed by atoms with Crippen LogP contribution < -0.4 is 10.4 Å². The molecule has 0 fully saturated rings. The molecule has 0 spiro atoms. The molecule has 27 heavy (non-hydrogen) atoms. The number of fused-ring (bicyclic) bond motifs is 1. The summed E-state index contributed by atoms with van der Waals surface area (Å²) in [6.45, 7) is 4.03. The first kappa shape index (κ1) is 19.0. The number of anilines is 2. The topological polar surface area (TPSA) is 97.2 Å². The highest BCUT2D eigenvalue weighted by molar-refractivity contribution is 5.90. The molecular weight excluding hydrogens is 342 g/mol. The number of nitrogens with zero attached hydrogens (tertiary/aromatic N) is 4. The van der Waals surface area contributed by atoms with Crippen molar-refractivity contribution >= 4 is 22.5 Å². The second-order valence-electron chi connectivity index (χ2n) is 6.60. The highest BCUT2D eigenvalue weighted by Gasteiger charge is 2.15. The van der Waals surface area contributed by atoms with Crippen molar-refractivity contribution in [3.8, 4) is 11.1 Å². The van der Waals surface area contributed by atoms with Crippen LogP contribution in [0, 0.1) is 12.1 Å². The summed E-state index contributed by atoms with van der Waals surface area (Å²) in [6, 6.07) is 5.58. The van der Waals surface area contributed by atoms with E-state index in [1.165, 1.54) is 7.05 Å². The number of aromatic nitrogens is 3. The number of aliphatic hydroxyl groups excluding tert-OH is 1. The third-order valence-corrected chi connectivity index (χ3v) is 4.57. The average Bonchev–Trinajstić information content (AvgIpc) is 2.66. The molecule has 0 bridgehead atoms. The predicted molar refractivity (Wildman–Crippen MR) is 109 cm³/mol. The lowest BCUT2D eigenvalue weighted by atomic mass is 9.99. The predicted octanol–water partition coefficient (Wildman–Crippen LogP) is 3.81. The van der Waals surface area contributed by atoms with E-state index in [2.05, 4.69) is 20.3 Å². The van der Waals surface area contributed by atoms with Gasteiger partial charge in [-0.3, -0.25) is 4.98 Å². The maximum absolute atomic E-state index is 11.5. The zero-order valence-corrected chi connectivity index (χ0v) is 16.0. The Morgan fingerprint density at radius 1 is 1.19 bits per heavy atom. The maximum atomic E-state index is 11.5. The zero-order valence-electron chi connectivity index (χ0n) is 16.0. The van der Waals surface area contributed by atoms with Gasteiger partial charge in [0.25, 0.3) is 0 Å². The van der Waals surface area contributed by atoms with Crippen molar-refractivity contribution in [3.05, 3.63) is 47.1 Å². The molecule has 3 aromatic heterocycles. The fourth-order valence-electron chi connectivity index (χ4n) is 3.09. The summed E-state index contributed by atoms with van der Waals surface area (Å²) in [4.78, 5) is 13.3. The Labute approximate surface area is 158 Å². The van der Waals surface area contributed by atoms with Gasteiger partial charge in [-0.25, -0.2) is 9.97 Å². The molecule has 0 radical (unpaired) electrons. The Kier molecular flexibility index (Phi) is 5.53. The monoisotopic (exact) mass is 366 g/mol. The van der Waals surface area contributed by atoms with Crippen molar-refractivity contribution in [2.45, 2.75) is 32.8 Å². The lowest BCUT2D eigenvalue weighted by Crippen LogP contribution is -2.08. The molecule has 3 rings (SSSR count). The quantitative estimate of drug-likeness (QED) is 0.640. The molecule has 2 N–H and O–H groups in total. The van der Waals surface area contributed by atoms with Gasteiger partial charge in [0.2, 0.25) is 0 Å². The van der Waals surface area contributed by atoms with Gasteiger partial charge in [0.05, 0.1) is 17.3 Å². The van der Waals surface area contributed by atoms with E-state index in [1.807, 2.05) is 33.0 Å². The molecule has 7 nitrogen and oxygen atoms in total. The minimum atomic E-state index is -0.548. The van der Waals surface area contributed by atoms with Crippen LogP contribution in [0.3, 0.4) is 0 Å². The Bertz CT molecular complexity index is 959. The second-order valence-corrected chi connectivity index (χ2v) is 6.60. The van der Waals surface area contributed by atoms with Gasteiger partial charge in [-0.15, -0.1) is 0 Å². The van der Waals surface area contributed by atoms with Crippen molar-refractivity contribution in [1.29, 1.82) is 0 Å². The molecule has 0 saturated carbocycles. The lowest BCUT2D eigenvalue weighted by molar-refractivity contribution is 0.161. The summed E-state index contributed by atoms with van der Waals surface area (Å²) >= 11 is 0. The molecule has 7 heteroatoms. The van der Waals surface area contributed by atoms with Crippen LogP contribution in [0.25, 0.3) is 22.0 Å². The number of aryl methyl sites for hydroxylation is 1. The van der Waals surface area contributed by atoms with E-state index >= 15 is 0 Å². The normalized spacial score (nSPS) is 12.2. The summed E-state index contributed by atoms with van der Waals surface area (Å²) in [5.41, 5.74) is 4.22. The van der Waals surface area contributed by atoms with Gasteiger partial charge in [0.15, 0.2) is 0 Å². The summed E-state index contributed by atoms with van der Waals surface area (Å²) in [6.07, 6.45) is 4.47. The molecule has 0 amide bonds. The fraction of sp³-hybridized carbons (Fsp3) is 0.350. The number of hydrogen-bond acceptors (Lipinski definition) is 7. The van der Waals surface area contributed by atoms with E-state index in [0.29, 0.717) is 34.3 Å². The van der Waals surface area contributed by atoms with Gasteiger partial charge in [-0.05, 0) is 38.1 Å². The van der Waals surface area contributed by atoms with Gasteiger partial charge < -0.3 is 20.7 Å².